The molecule has 3 aromatic rings. The smallest absolute Gasteiger partial charge is 0.416 e. The van der Waals surface area contributed by atoms with Crippen molar-refractivity contribution in [1.29, 1.82) is 0 Å². The lowest BCUT2D eigenvalue weighted by Gasteiger charge is -2.26. The first kappa shape index (κ1) is 33.5. The van der Waals surface area contributed by atoms with Crippen LogP contribution in [0.5, 0.6) is 5.75 Å². The summed E-state index contributed by atoms with van der Waals surface area (Å²) in [5, 5.41) is 10.7. The first-order valence-electron chi connectivity index (χ1n) is 13.2. The molecule has 44 heavy (non-hydrogen) atoms. The maximum atomic E-state index is 14.7. The van der Waals surface area contributed by atoms with Crippen molar-refractivity contribution in [2.45, 2.75) is 70.3 Å². The van der Waals surface area contributed by atoms with Crippen LogP contribution < -0.4 is 4.74 Å². The standard InChI is InChI=1S/C30H27F10NO3/c1-14(2)22-11-23(25(43-4)12-24(22)31)21-6-5-18(28(32,33)34)9-17(21)13-41-15(3)26(44-27(41)42)16-7-19(29(35,36)37)10-20(8-16)30(38,39)40/h5-12,14-15,26-27,42H,13H2,1-4H3. The highest BCUT2D eigenvalue weighted by Gasteiger charge is 2.43. The average Bonchev–Trinajstić information content (AvgIpc) is 3.19. The second-order valence-corrected chi connectivity index (χ2v) is 10.7. The van der Waals surface area contributed by atoms with E-state index < -0.39 is 71.7 Å². The molecule has 0 bridgehead atoms. The van der Waals surface area contributed by atoms with E-state index in [-0.39, 0.29) is 40.0 Å². The predicted molar refractivity (Wildman–Crippen MR) is 139 cm³/mol. The lowest BCUT2D eigenvalue weighted by atomic mass is 9.91. The molecule has 4 nitrogen and oxygen atoms in total. The molecule has 0 amide bonds. The number of methoxy groups -OCH3 is 1. The molecule has 0 saturated carbocycles. The van der Waals surface area contributed by atoms with Gasteiger partial charge in [0.1, 0.15) is 17.7 Å². The molecular weight excluding hydrogens is 612 g/mol. The SMILES string of the molecule is COc1cc(F)c(C(C)C)cc1-c1ccc(C(F)(F)F)cc1CN1C(O)OC(c2cc(C(F)(F)F)cc(C(F)(F)F)c2)C1C. The van der Waals surface area contributed by atoms with Crippen LogP contribution in [0.4, 0.5) is 43.9 Å². The number of ether oxygens (including phenoxy) is 2. The Morgan fingerprint density at radius 2 is 1.39 bits per heavy atom. The van der Waals surface area contributed by atoms with Crippen molar-refractivity contribution in [1.82, 2.24) is 4.90 Å². The fraction of sp³-hybridized carbons (Fsp3) is 0.400. The number of hydrogen-bond donors (Lipinski definition) is 1. The highest BCUT2D eigenvalue weighted by atomic mass is 19.4. The molecule has 3 atom stereocenters. The summed E-state index contributed by atoms with van der Waals surface area (Å²) in [6.07, 6.45) is -18.5. The second kappa shape index (κ2) is 11.9. The second-order valence-electron chi connectivity index (χ2n) is 10.7. The van der Waals surface area contributed by atoms with Crippen LogP contribution in [0.25, 0.3) is 11.1 Å². The molecule has 1 aliphatic heterocycles. The van der Waals surface area contributed by atoms with Gasteiger partial charge in [0.2, 0.25) is 6.41 Å². The number of hydrogen-bond acceptors (Lipinski definition) is 4. The molecule has 4 rings (SSSR count). The minimum atomic E-state index is -5.13. The molecule has 1 saturated heterocycles. The van der Waals surface area contributed by atoms with Gasteiger partial charge < -0.3 is 14.6 Å². The molecule has 14 heteroatoms. The van der Waals surface area contributed by atoms with E-state index in [4.69, 9.17) is 9.47 Å². The molecule has 3 unspecified atom stereocenters. The van der Waals surface area contributed by atoms with Gasteiger partial charge in [0, 0.05) is 24.2 Å². The number of alkyl halides is 9. The molecule has 0 spiro atoms. The number of halogens is 10. The van der Waals surface area contributed by atoms with Crippen LogP contribution in [0.15, 0.2) is 48.5 Å². The van der Waals surface area contributed by atoms with Crippen LogP contribution in [0, 0.1) is 5.82 Å². The zero-order valence-corrected chi connectivity index (χ0v) is 23.6. The minimum Gasteiger partial charge on any atom is -0.496 e. The van der Waals surface area contributed by atoms with Crippen molar-refractivity contribution in [3.8, 4) is 16.9 Å². The fourth-order valence-corrected chi connectivity index (χ4v) is 5.17. The molecule has 0 radical (unpaired) electrons. The van der Waals surface area contributed by atoms with E-state index >= 15 is 0 Å². The first-order chi connectivity index (χ1) is 20.2. The largest absolute Gasteiger partial charge is 0.496 e. The Hall–Kier alpha value is -3.36. The lowest BCUT2D eigenvalue weighted by molar-refractivity contribution is -0.154. The van der Waals surface area contributed by atoms with E-state index in [1.165, 1.54) is 20.1 Å². The van der Waals surface area contributed by atoms with Gasteiger partial charge in [0.05, 0.1) is 23.8 Å². The number of nitrogens with zero attached hydrogens (tertiary/aromatic N) is 1. The third kappa shape index (κ3) is 6.81. The Morgan fingerprint density at radius 3 is 1.89 bits per heavy atom. The van der Waals surface area contributed by atoms with Crippen LogP contribution in [0.1, 0.15) is 66.2 Å². The van der Waals surface area contributed by atoms with Gasteiger partial charge in [-0.1, -0.05) is 19.9 Å². The third-order valence-corrected chi connectivity index (χ3v) is 7.47. The van der Waals surface area contributed by atoms with Gasteiger partial charge in [-0.25, -0.2) is 9.29 Å². The predicted octanol–water partition coefficient (Wildman–Crippen LogP) is 8.92. The van der Waals surface area contributed by atoms with Gasteiger partial charge in [0.15, 0.2) is 0 Å². The zero-order chi connectivity index (χ0) is 32.9. The van der Waals surface area contributed by atoms with E-state index in [9.17, 15) is 49.0 Å². The summed E-state index contributed by atoms with van der Waals surface area (Å²) in [6.45, 7) is 4.28. The van der Waals surface area contributed by atoms with Crippen molar-refractivity contribution in [2.75, 3.05) is 7.11 Å². The van der Waals surface area contributed by atoms with Crippen molar-refractivity contribution in [2.24, 2.45) is 0 Å². The van der Waals surface area contributed by atoms with Gasteiger partial charge >= 0.3 is 18.5 Å². The van der Waals surface area contributed by atoms with E-state index in [0.717, 1.165) is 29.2 Å². The first-order valence-corrected chi connectivity index (χ1v) is 13.2. The van der Waals surface area contributed by atoms with Gasteiger partial charge in [-0.3, -0.25) is 0 Å². The Balaban J connectivity index is 1.81. The summed E-state index contributed by atoms with van der Waals surface area (Å²) < 4.78 is 147. The molecular formula is C30H27F10NO3. The highest BCUT2D eigenvalue weighted by molar-refractivity contribution is 5.75. The quantitative estimate of drug-likeness (QED) is 0.274. The summed E-state index contributed by atoms with van der Waals surface area (Å²) in [5.74, 6) is -0.921. The molecule has 240 valence electrons. The summed E-state index contributed by atoms with van der Waals surface area (Å²) in [5.41, 5.74) is -4.18. The van der Waals surface area contributed by atoms with E-state index in [2.05, 4.69) is 0 Å². The van der Waals surface area contributed by atoms with Crippen molar-refractivity contribution in [3.63, 3.8) is 0 Å². The van der Waals surface area contributed by atoms with Crippen LogP contribution in [0.3, 0.4) is 0 Å². The summed E-state index contributed by atoms with van der Waals surface area (Å²) >= 11 is 0. The molecule has 1 N–H and O–H groups in total. The number of rotatable bonds is 6. The Bertz CT molecular complexity index is 1480. The van der Waals surface area contributed by atoms with E-state index in [0.29, 0.717) is 12.1 Å². The fourth-order valence-electron chi connectivity index (χ4n) is 5.17. The molecule has 1 aliphatic rings. The topological polar surface area (TPSA) is 41.9 Å². The Kier molecular flexibility index (Phi) is 9.04. The normalized spacial score (nSPS) is 20.0. The molecule has 1 fully saturated rings. The average molecular weight is 640 g/mol. The molecule has 0 aromatic heterocycles. The van der Waals surface area contributed by atoms with Crippen LogP contribution in [0.2, 0.25) is 0 Å². The van der Waals surface area contributed by atoms with Crippen molar-refractivity contribution in [3.05, 3.63) is 87.7 Å². The van der Waals surface area contributed by atoms with Crippen molar-refractivity contribution < 1.29 is 58.5 Å². The molecule has 1 heterocycles. The molecule has 3 aromatic carbocycles. The summed E-state index contributed by atoms with van der Waals surface area (Å²) in [6, 6.07) is 5.04. The number of aliphatic hydroxyl groups is 1. The van der Waals surface area contributed by atoms with Gasteiger partial charge in [0.25, 0.3) is 0 Å². The minimum absolute atomic E-state index is 0.000648. The third-order valence-electron chi connectivity index (χ3n) is 7.47. The van der Waals surface area contributed by atoms with Gasteiger partial charge in [-0.15, -0.1) is 0 Å². The van der Waals surface area contributed by atoms with Crippen LogP contribution in [-0.4, -0.2) is 29.6 Å². The maximum absolute atomic E-state index is 14.7. The van der Waals surface area contributed by atoms with Crippen molar-refractivity contribution >= 4 is 0 Å². The van der Waals surface area contributed by atoms with E-state index in [1.807, 2.05) is 0 Å². The van der Waals surface area contributed by atoms with Crippen LogP contribution in [-0.2, 0) is 29.8 Å². The van der Waals surface area contributed by atoms with Gasteiger partial charge in [-0.2, -0.15) is 39.5 Å². The number of aliphatic hydroxyl groups excluding tert-OH is 1. The summed E-state index contributed by atoms with van der Waals surface area (Å²) in [4.78, 5) is 1.09. The number of benzene rings is 3. The highest BCUT2D eigenvalue weighted by Crippen LogP contribution is 2.44. The Labute approximate surface area is 245 Å². The monoisotopic (exact) mass is 639 g/mol. The summed E-state index contributed by atoms with van der Waals surface area (Å²) in [7, 11) is 1.24. The zero-order valence-electron chi connectivity index (χ0n) is 23.6. The maximum Gasteiger partial charge on any atom is 0.416 e. The van der Waals surface area contributed by atoms with E-state index in [1.54, 1.807) is 13.8 Å². The van der Waals surface area contributed by atoms with Crippen LogP contribution >= 0.6 is 0 Å². The molecule has 0 aliphatic carbocycles. The van der Waals surface area contributed by atoms with Gasteiger partial charge in [-0.05, 0) is 71.5 Å². The Morgan fingerprint density at radius 1 is 0.818 bits per heavy atom. The lowest BCUT2D eigenvalue weighted by Crippen LogP contribution is -2.35.